The molecule has 0 aliphatic carbocycles. The van der Waals surface area contributed by atoms with Gasteiger partial charge in [-0.3, -0.25) is 4.98 Å². The van der Waals surface area contributed by atoms with Gasteiger partial charge in [0.25, 0.3) is 0 Å². The molecule has 0 bridgehead atoms. The number of benzene rings is 3. The molecule has 37 heavy (non-hydrogen) atoms. The van der Waals surface area contributed by atoms with Crippen molar-refractivity contribution in [1.29, 1.82) is 5.26 Å². The second-order valence-corrected chi connectivity index (χ2v) is 9.06. The number of aromatic nitrogens is 1. The minimum atomic E-state index is -0.0179. The molecule has 188 valence electrons. The van der Waals surface area contributed by atoms with E-state index in [1.807, 2.05) is 81.4 Å². The van der Waals surface area contributed by atoms with Crippen LogP contribution in [0.5, 0.6) is 11.5 Å². The summed E-state index contributed by atoms with van der Waals surface area (Å²) in [6, 6.07) is 21.1. The van der Waals surface area contributed by atoms with Crippen LogP contribution in [0.4, 0.5) is 11.4 Å². The minimum absolute atomic E-state index is 0.0179. The topological polar surface area (TPSA) is 88.8 Å². The standard InChI is InChI=1S/C29H27ClN4O3/c1-18(2)37-28-14-26-25(13-27(28)35-4)29(22(15-31)16-32-26)33-24-11-7-21(8-12-24)19(3)34-36-17-20-5-9-23(30)10-6-20/h5-14,16,18H,17H2,1-4H3,(H,32,33)/b34-19+. The van der Waals surface area contributed by atoms with Crippen molar-refractivity contribution in [2.45, 2.75) is 33.5 Å². The molecule has 4 rings (SSSR count). The number of halogens is 1. The Morgan fingerprint density at radius 3 is 2.46 bits per heavy atom. The predicted molar refractivity (Wildman–Crippen MR) is 147 cm³/mol. The number of nitrogens with zero attached hydrogens (tertiary/aromatic N) is 3. The van der Waals surface area contributed by atoms with Gasteiger partial charge in [-0.25, -0.2) is 0 Å². The fourth-order valence-electron chi connectivity index (χ4n) is 3.70. The maximum Gasteiger partial charge on any atom is 0.163 e. The lowest BCUT2D eigenvalue weighted by molar-refractivity contribution is 0.130. The lowest BCUT2D eigenvalue weighted by Gasteiger charge is -2.17. The first-order valence-electron chi connectivity index (χ1n) is 11.7. The number of ether oxygens (including phenoxy) is 2. The molecule has 0 saturated carbocycles. The van der Waals surface area contributed by atoms with Crippen molar-refractivity contribution in [1.82, 2.24) is 4.98 Å². The Hall–Kier alpha value is -4.28. The summed E-state index contributed by atoms with van der Waals surface area (Å²) < 4.78 is 11.4. The smallest absolute Gasteiger partial charge is 0.163 e. The number of pyridine rings is 1. The fraction of sp³-hybridized carbons (Fsp3) is 0.207. The van der Waals surface area contributed by atoms with Crippen LogP contribution in [0, 0.1) is 11.3 Å². The van der Waals surface area contributed by atoms with Gasteiger partial charge >= 0.3 is 0 Å². The van der Waals surface area contributed by atoms with Crippen LogP contribution in [-0.2, 0) is 11.4 Å². The highest BCUT2D eigenvalue weighted by Crippen LogP contribution is 2.37. The van der Waals surface area contributed by atoms with E-state index in [1.54, 1.807) is 13.3 Å². The first kappa shape index (κ1) is 25.8. The Balaban J connectivity index is 1.55. The normalized spacial score (nSPS) is 11.3. The van der Waals surface area contributed by atoms with Crippen molar-refractivity contribution in [3.05, 3.63) is 88.6 Å². The van der Waals surface area contributed by atoms with E-state index in [0.717, 1.165) is 27.9 Å². The minimum Gasteiger partial charge on any atom is -0.493 e. The molecule has 3 aromatic carbocycles. The summed E-state index contributed by atoms with van der Waals surface area (Å²) in [7, 11) is 1.59. The third kappa shape index (κ3) is 6.29. The Morgan fingerprint density at radius 1 is 1.08 bits per heavy atom. The number of hydrogen-bond donors (Lipinski definition) is 1. The van der Waals surface area contributed by atoms with Crippen LogP contribution in [0.15, 0.2) is 72.0 Å². The zero-order valence-corrected chi connectivity index (χ0v) is 21.8. The summed E-state index contributed by atoms with van der Waals surface area (Å²) >= 11 is 5.92. The molecule has 1 heterocycles. The fourth-order valence-corrected chi connectivity index (χ4v) is 3.83. The van der Waals surface area contributed by atoms with Crippen molar-refractivity contribution < 1.29 is 14.3 Å². The number of hydrogen-bond acceptors (Lipinski definition) is 7. The van der Waals surface area contributed by atoms with Crippen molar-refractivity contribution in [3.63, 3.8) is 0 Å². The number of rotatable bonds is 9. The van der Waals surface area contributed by atoms with Crippen LogP contribution < -0.4 is 14.8 Å². The zero-order chi connectivity index (χ0) is 26.4. The van der Waals surface area contributed by atoms with Gasteiger partial charge in [0.15, 0.2) is 11.5 Å². The summed E-state index contributed by atoms with van der Waals surface area (Å²) in [5.74, 6) is 1.17. The van der Waals surface area contributed by atoms with E-state index < -0.39 is 0 Å². The van der Waals surface area contributed by atoms with E-state index in [2.05, 4.69) is 21.5 Å². The zero-order valence-electron chi connectivity index (χ0n) is 21.1. The SMILES string of the molecule is COc1cc2c(Nc3ccc(/C(C)=N/OCc4ccc(Cl)cc4)cc3)c(C#N)cnc2cc1OC(C)C. The van der Waals surface area contributed by atoms with E-state index >= 15 is 0 Å². The van der Waals surface area contributed by atoms with Gasteiger partial charge < -0.3 is 19.6 Å². The summed E-state index contributed by atoms with van der Waals surface area (Å²) in [4.78, 5) is 9.96. The molecule has 8 heteroatoms. The van der Waals surface area contributed by atoms with Crippen LogP contribution in [0.1, 0.15) is 37.5 Å². The molecule has 7 nitrogen and oxygen atoms in total. The number of anilines is 2. The second-order valence-electron chi connectivity index (χ2n) is 8.62. The first-order valence-corrected chi connectivity index (χ1v) is 12.1. The molecule has 0 spiro atoms. The molecule has 0 saturated heterocycles. The third-order valence-corrected chi connectivity index (χ3v) is 5.81. The molecule has 4 aromatic rings. The maximum absolute atomic E-state index is 9.73. The van der Waals surface area contributed by atoms with Gasteiger partial charge in [-0.15, -0.1) is 0 Å². The van der Waals surface area contributed by atoms with Crippen LogP contribution >= 0.6 is 11.6 Å². The van der Waals surface area contributed by atoms with E-state index in [-0.39, 0.29) is 6.10 Å². The molecule has 0 unspecified atom stereocenters. The monoisotopic (exact) mass is 514 g/mol. The highest BCUT2D eigenvalue weighted by atomic mass is 35.5. The maximum atomic E-state index is 9.73. The van der Waals surface area contributed by atoms with Crippen LogP contribution in [0.2, 0.25) is 5.02 Å². The van der Waals surface area contributed by atoms with Crippen molar-refractivity contribution in [2.75, 3.05) is 12.4 Å². The summed E-state index contributed by atoms with van der Waals surface area (Å²) in [5, 5.41) is 18.8. The number of nitrogens with one attached hydrogen (secondary N) is 1. The Kier molecular flexibility index (Phi) is 8.11. The molecular formula is C29H27ClN4O3. The van der Waals surface area contributed by atoms with Gasteiger partial charge in [-0.1, -0.05) is 41.0 Å². The molecule has 0 aliphatic heterocycles. The van der Waals surface area contributed by atoms with Gasteiger partial charge in [-0.2, -0.15) is 5.26 Å². The summed E-state index contributed by atoms with van der Waals surface area (Å²) in [6.07, 6.45) is 1.54. The van der Waals surface area contributed by atoms with Crippen molar-refractivity contribution >= 4 is 39.6 Å². The molecule has 0 atom stereocenters. The number of methoxy groups -OCH3 is 1. The van der Waals surface area contributed by atoms with Crippen LogP contribution in [0.25, 0.3) is 10.9 Å². The lowest BCUT2D eigenvalue weighted by Crippen LogP contribution is -2.07. The summed E-state index contributed by atoms with van der Waals surface area (Å²) in [5.41, 5.74) is 5.21. The van der Waals surface area contributed by atoms with E-state index in [1.165, 1.54) is 0 Å². The molecule has 1 aromatic heterocycles. The highest BCUT2D eigenvalue weighted by molar-refractivity contribution is 6.30. The summed E-state index contributed by atoms with van der Waals surface area (Å²) in [6.45, 7) is 6.14. The quantitative estimate of drug-likeness (QED) is 0.187. The third-order valence-electron chi connectivity index (χ3n) is 5.55. The predicted octanol–water partition coefficient (Wildman–Crippen LogP) is 7.24. The lowest BCUT2D eigenvalue weighted by atomic mass is 10.1. The van der Waals surface area contributed by atoms with Crippen molar-refractivity contribution in [2.24, 2.45) is 5.16 Å². The molecule has 0 fully saturated rings. The molecular weight excluding hydrogens is 488 g/mol. The Morgan fingerprint density at radius 2 is 1.81 bits per heavy atom. The average molecular weight is 515 g/mol. The first-order chi connectivity index (χ1) is 17.9. The molecule has 1 N–H and O–H groups in total. The average Bonchev–Trinajstić information content (AvgIpc) is 2.89. The number of fused-ring (bicyclic) bond motifs is 1. The molecule has 0 radical (unpaired) electrons. The van der Waals surface area contributed by atoms with E-state index in [4.69, 9.17) is 25.9 Å². The van der Waals surface area contributed by atoms with Gasteiger partial charge in [0.2, 0.25) is 0 Å². The van der Waals surface area contributed by atoms with Crippen LogP contribution in [-0.4, -0.2) is 23.9 Å². The molecule has 0 aliphatic rings. The Labute approximate surface area is 221 Å². The number of oxime groups is 1. The molecule has 0 amide bonds. The van der Waals surface area contributed by atoms with Gasteiger partial charge in [0, 0.05) is 28.4 Å². The van der Waals surface area contributed by atoms with Gasteiger partial charge in [-0.05, 0) is 62.2 Å². The van der Waals surface area contributed by atoms with Gasteiger partial charge in [0.05, 0.1) is 35.7 Å². The van der Waals surface area contributed by atoms with E-state index in [9.17, 15) is 5.26 Å². The second kappa shape index (κ2) is 11.6. The van der Waals surface area contributed by atoms with E-state index in [0.29, 0.717) is 39.9 Å². The van der Waals surface area contributed by atoms with Crippen LogP contribution in [0.3, 0.4) is 0 Å². The number of nitriles is 1. The highest BCUT2D eigenvalue weighted by Gasteiger charge is 2.15. The largest absolute Gasteiger partial charge is 0.493 e. The van der Waals surface area contributed by atoms with Gasteiger partial charge in [0.1, 0.15) is 12.7 Å². The Bertz CT molecular complexity index is 1460. The van der Waals surface area contributed by atoms with Crippen molar-refractivity contribution in [3.8, 4) is 17.6 Å².